The molecule has 100 valence electrons. The molecule has 0 saturated heterocycles. The van der Waals surface area contributed by atoms with Gasteiger partial charge in [0.1, 0.15) is 5.60 Å². The lowest BCUT2D eigenvalue weighted by Gasteiger charge is -2.22. The third-order valence-electron chi connectivity index (χ3n) is 2.75. The fourth-order valence-corrected chi connectivity index (χ4v) is 1.78. The van der Waals surface area contributed by atoms with Crippen LogP contribution < -0.4 is 0 Å². The van der Waals surface area contributed by atoms with Crippen LogP contribution in [0.25, 0.3) is 0 Å². The molecule has 0 heterocycles. The summed E-state index contributed by atoms with van der Waals surface area (Å²) in [6.07, 6.45) is 2.92. The number of benzene rings is 1. The van der Waals surface area contributed by atoms with Crippen molar-refractivity contribution in [1.29, 1.82) is 0 Å². The quantitative estimate of drug-likeness (QED) is 0.736. The second kappa shape index (κ2) is 6.58. The summed E-state index contributed by atoms with van der Waals surface area (Å²) in [4.78, 5) is 11.8. The fourth-order valence-electron chi connectivity index (χ4n) is 1.78. The molecule has 0 aliphatic rings. The Morgan fingerprint density at radius 3 is 2.39 bits per heavy atom. The second-order valence-corrected chi connectivity index (χ2v) is 5.81. The van der Waals surface area contributed by atoms with E-state index in [1.165, 1.54) is 5.56 Å². The van der Waals surface area contributed by atoms with Gasteiger partial charge < -0.3 is 4.74 Å². The highest BCUT2D eigenvalue weighted by Crippen LogP contribution is 2.16. The van der Waals surface area contributed by atoms with Crippen LogP contribution in [-0.2, 0) is 16.0 Å². The Kier molecular flexibility index (Phi) is 5.39. The Hall–Kier alpha value is -1.31. The lowest BCUT2D eigenvalue weighted by Crippen LogP contribution is -2.27. The molecule has 0 aliphatic heterocycles. The third kappa shape index (κ3) is 5.85. The molecule has 1 rings (SSSR count). The summed E-state index contributed by atoms with van der Waals surface area (Å²) in [5.41, 5.74) is 0.944. The van der Waals surface area contributed by atoms with Gasteiger partial charge in [0.15, 0.2) is 0 Å². The number of aryl methyl sites for hydroxylation is 1. The molecule has 0 radical (unpaired) electrons. The topological polar surface area (TPSA) is 26.3 Å². The molecule has 1 aromatic carbocycles. The van der Waals surface area contributed by atoms with Gasteiger partial charge in [-0.1, -0.05) is 37.3 Å². The van der Waals surface area contributed by atoms with Crippen LogP contribution in [0, 0.1) is 5.92 Å². The summed E-state index contributed by atoms with van der Waals surface area (Å²) < 4.78 is 5.36. The minimum atomic E-state index is -0.384. The molecular formula is C16H24O2. The van der Waals surface area contributed by atoms with Crippen LogP contribution >= 0.6 is 0 Å². The molecular weight excluding hydrogens is 224 g/mol. The average Bonchev–Trinajstić information content (AvgIpc) is 2.28. The molecule has 0 bridgehead atoms. The van der Waals surface area contributed by atoms with E-state index in [0.717, 1.165) is 19.3 Å². The van der Waals surface area contributed by atoms with E-state index in [0.29, 0.717) is 0 Å². The smallest absolute Gasteiger partial charge is 0.309 e. The van der Waals surface area contributed by atoms with Gasteiger partial charge >= 0.3 is 5.97 Å². The third-order valence-corrected chi connectivity index (χ3v) is 2.75. The first-order chi connectivity index (χ1) is 8.38. The first kappa shape index (κ1) is 14.7. The van der Waals surface area contributed by atoms with Crippen molar-refractivity contribution in [2.45, 2.75) is 52.6 Å². The van der Waals surface area contributed by atoms with Gasteiger partial charge in [-0.05, 0) is 45.6 Å². The number of hydrogen-bond donors (Lipinski definition) is 0. The van der Waals surface area contributed by atoms with Gasteiger partial charge in [0, 0.05) is 0 Å². The fraction of sp³-hybridized carbons (Fsp3) is 0.562. The van der Waals surface area contributed by atoms with E-state index >= 15 is 0 Å². The number of hydrogen-bond acceptors (Lipinski definition) is 2. The minimum Gasteiger partial charge on any atom is -0.460 e. The number of carbonyl (C=O) groups is 1. The van der Waals surface area contributed by atoms with Gasteiger partial charge in [-0.3, -0.25) is 4.79 Å². The molecule has 1 atom stereocenters. The highest BCUT2D eigenvalue weighted by atomic mass is 16.6. The van der Waals surface area contributed by atoms with Crippen molar-refractivity contribution in [1.82, 2.24) is 0 Å². The Balaban J connectivity index is 2.29. The van der Waals surface area contributed by atoms with E-state index in [2.05, 4.69) is 12.1 Å². The predicted molar refractivity (Wildman–Crippen MR) is 74.4 cm³/mol. The van der Waals surface area contributed by atoms with Crippen molar-refractivity contribution in [2.24, 2.45) is 5.92 Å². The zero-order chi connectivity index (χ0) is 13.6. The lowest BCUT2D eigenvalue weighted by molar-refractivity contribution is -0.159. The zero-order valence-corrected chi connectivity index (χ0v) is 11.9. The molecule has 0 aliphatic carbocycles. The summed E-state index contributed by atoms with van der Waals surface area (Å²) in [6, 6.07) is 10.4. The molecule has 0 N–H and O–H groups in total. The maximum Gasteiger partial charge on any atom is 0.309 e. The standard InChI is InChI=1S/C16H24O2/c1-13(15(17)18-16(2,3)4)9-8-12-14-10-6-5-7-11-14/h5-7,10-11,13H,8-9,12H2,1-4H3/t13-/m1/s1. The number of esters is 1. The van der Waals surface area contributed by atoms with Gasteiger partial charge in [0.25, 0.3) is 0 Å². The SMILES string of the molecule is C[C@H](CCCc1ccccc1)C(=O)OC(C)(C)C. The largest absolute Gasteiger partial charge is 0.460 e. The Morgan fingerprint density at radius 2 is 1.83 bits per heavy atom. The monoisotopic (exact) mass is 248 g/mol. The van der Waals surface area contributed by atoms with Crippen LogP contribution in [0.15, 0.2) is 30.3 Å². The maximum absolute atomic E-state index is 11.8. The molecule has 18 heavy (non-hydrogen) atoms. The molecule has 0 saturated carbocycles. The highest BCUT2D eigenvalue weighted by Gasteiger charge is 2.21. The van der Waals surface area contributed by atoms with Crippen LogP contribution in [0.5, 0.6) is 0 Å². The van der Waals surface area contributed by atoms with E-state index in [4.69, 9.17) is 4.74 Å². The van der Waals surface area contributed by atoms with Gasteiger partial charge in [-0.25, -0.2) is 0 Å². The minimum absolute atomic E-state index is 0.0204. The number of ether oxygens (including phenoxy) is 1. The van der Waals surface area contributed by atoms with Crippen LogP contribution in [-0.4, -0.2) is 11.6 Å². The Morgan fingerprint density at radius 1 is 1.22 bits per heavy atom. The lowest BCUT2D eigenvalue weighted by atomic mass is 10.0. The van der Waals surface area contributed by atoms with Crippen molar-refractivity contribution in [3.8, 4) is 0 Å². The number of carbonyl (C=O) groups excluding carboxylic acids is 1. The van der Waals surface area contributed by atoms with Crippen LogP contribution in [0.1, 0.15) is 46.1 Å². The summed E-state index contributed by atoms with van der Waals surface area (Å²) >= 11 is 0. The second-order valence-electron chi connectivity index (χ2n) is 5.81. The van der Waals surface area contributed by atoms with E-state index in [1.807, 2.05) is 45.9 Å². The molecule has 2 heteroatoms. The summed E-state index contributed by atoms with van der Waals surface area (Å²) in [5.74, 6) is -0.108. The van der Waals surface area contributed by atoms with E-state index in [-0.39, 0.29) is 17.5 Å². The van der Waals surface area contributed by atoms with Gasteiger partial charge in [-0.15, -0.1) is 0 Å². The normalized spacial score (nSPS) is 13.1. The van der Waals surface area contributed by atoms with Crippen LogP contribution in [0.3, 0.4) is 0 Å². The molecule has 0 aromatic heterocycles. The summed E-state index contributed by atoms with van der Waals surface area (Å²) in [5, 5.41) is 0. The van der Waals surface area contributed by atoms with Crippen molar-refractivity contribution < 1.29 is 9.53 Å². The van der Waals surface area contributed by atoms with E-state index in [9.17, 15) is 4.79 Å². The Bertz CT molecular complexity index is 362. The first-order valence-corrected chi connectivity index (χ1v) is 6.65. The van der Waals surface area contributed by atoms with Crippen LogP contribution in [0.2, 0.25) is 0 Å². The summed E-state index contributed by atoms with van der Waals surface area (Å²) in [7, 11) is 0. The van der Waals surface area contributed by atoms with Gasteiger partial charge in [0.2, 0.25) is 0 Å². The average molecular weight is 248 g/mol. The van der Waals surface area contributed by atoms with Crippen molar-refractivity contribution in [3.63, 3.8) is 0 Å². The van der Waals surface area contributed by atoms with E-state index in [1.54, 1.807) is 0 Å². The van der Waals surface area contributed by atoms with Crippen LogP contribution in [0.4, 0.5) is 0 Å². The molecule has 1 aromatic rings. The first-order valence-electron chi connectivity index (χ1n) is 6.65. The van der Waals surface area contributed by atoms with Crippen molar-refractivity contribution in [2.75, 3.05) is 0 Å². The summed E-state index contributed by atoms with van der Waals surface area (Å²) in [6.45, 7) is 7.66. The van der Waals surface area contributed by atoms with Gasteiger partial charge in [0.05, 0.1) is 5.92 Å². The predicted octanol–water partition coefficient (Wildman–Crippen LogP) is 3.99. The van der Waals surface area contributed by atoms with Crippen molar-refractivity contribution >= 4 is 5.97 Å². The van der Waals surface area contributed by atoms with E-state index < -0.39 is 0 Å². The molecule has 0 fully saturated rings. The van der Waals surface area contributed by atoms with Gasteiger partial charge in [-0.2, -0.15) is 0 Å². The Labute approximate surface area is 110 Å². The molecule has 2 nitrogen and oxygen atoms in total. The highest BCUT2D eigenvalue weighted by molar-refractivity contribution is 5.72. The molecule has 0 amide bonds. The zero-order valence-electron chi connectivity index (χ0n) is 11.9. The van der Waals surface area contributed by atoms with Crippen molar-refractivity contribution in [3.05, 3.63) is 35.9 Å². The molecule has 0 unspecified atom stereocenters. The maximum atomic E-state index is 11.8. The molecule has 0 spiro atoms. The number of rotatable bonds is 5.